The van der Waals surface area contributed by atoms with Crippen LogP contribution in [0, 0.1) is 5.41 Å². The molecule has 2 aliphatic rings. The monoisotopic (exact) mass is 300 g/mol. The molecule has 2 rings (SSSR count). The maximum absolute atomic E-state index is 12.3. The van der Waals surface area contributed by atoms with Crippen LogP contribution in [0.5, 0.6) is 0 Å². The maximum Gasteiger partial charge on any atom is 0.317 e. The molecular weight excluding hydrogens is 276 g/mol. The first-order valence-corrected chi connectivity index (χ1v) is 8.55. The standard InChI is InChI=1S/C14H24N2O3S/c1-14(12(17)18)6-3-7-16(9-14)13(19)15-10-4-5-11(8-10)20-2/h10-11H,3-9H2,1-2H3,(H,15,19)(H,17,18). The van der Waals surface area contributed by atoms with Gasteiger partial charge in [-0.15, -0.1) is 0 Å². The number of nitrogens with zero attached hydrogens (tertiary/aromatic N) is 1. The van der Waals surface area contributed by atoms with Gasteiger partial charge in [-0.05, 0) is 45.3 Å². The van der Waals surface area contributed by atoms with Gasteiger partial charge in [-0.2, -0.15) is 11.8 Å². The summed E-state index contributed by atoms with van der Waals surface area (Å²) in [6.07, 6.45) is 6.72. The molecule has 0 spiro atoms. The van der Waals surface area contributed by atoms with Gasteiger partial charge in [0.2, 0.25) is 0 Å². The first-order chi connectivity index (χ1) is 9.44. The molecule has 1 aliphatic carbocycles. The second-order valence-corrected chi connectivity index (χ2v) is 7.35. The summed E-state index contributed by atoms with van der Waals surface area (Å²) in [5.74, 6) is -0.807. The van der Waals surface area contributed by atoms with Gasteiger partial charge in [0.25, 0.3) is 0 Å². The molecule has 3 unspecified atom stereocenters. The molecule has 6 heteroatoms. The lowest BCUT2D eigenvalue weighted by Gasteiger charge is -2.37. The number of likely N-dealkylation sites (tertiary alicyclic amines) is 1. The lowest BCUT2D eigenvalue weighted by atomic mass is 9.82. The zero-order valence-corrected chi connectivity index (χ0v) is 13.0. The van der Waals surface area contributed by atoms with E-state index in [0.717, 1.165) is 25.7 Å². The van der Waals surface area contributed by atoms with Gasteiger partial charge in [-0.25, -0.2) is 4.79 Å². The molecular formula is C14H24N2O3S. The van der Waals surface area contributed by atoms with Crippen LogP contribution in [0.4, 0.5) is 4.79 Å². The molecule has 5 nitrogen and oxygen atoms in total. The number of hydrogen-bond donors (Lipinski definition) is 2. The van der Waals surface area contributed by atoms with Gasteiger partial charge in [-0.3, -0.25) is 4.79 Å². The highest BCUT2D eigenvalue weighted by Crippen LogP contribution is 2.31. The number of amides is 2. The molecule has 0 bridgehead atoms. The molecule has 0 aromatic rings. The Bertz CT molecular complexity index is 391. The second kappa shape index (κ2) is 6.24. The Labute approximate surface area is 124 Å². The van der Waals surface area contributed by atoms with Crippen molar-refractivity contribution in [3.8, 4) is 0 Å². The highest BCUT2D eigenvalue weighted by Gasteiger charge is 2.39. The Morgan fingerprint density at radius 1 is 1.40 bits per heavy atom. The van der Waals surface area contributed by atoms with Crippen LogP contribution in [0.15, 0.2) is 0 Å². The Balaban J connectivity index is 1.88. The van der Waals surface area contributed by atoms with E-state index in [1.54, 1.807) is 11.8 Å². The summed E-state index contributed by atoms with van der Waals surface area (Å²) in [7, 11) is 0. The zero-order chi connectivity index (χ0) is 14.8. The molecule has 20 heavy (non-hydrogen) atoms. The van der Waals surface area contributed by atoms with E-state index >= 15 is 0 Å². The van der Waals surface area contributed by atoms with Crippen molar-refractivity contribution in [3.05, 3.63) is 0 Å². The number of rotatable bonds is 3. The SMILES string of the molecule is CSC1CCC(NC(=O)N2CCCC(C)(C(=O)O)C2)C1. The lowest BCUT2D eigenvalue weighted by molar-refractivity contribution is -0.150. The van der Waals surface area contributed by atoms with Crippen LogP contribution in [0.25, 0.3) is 0 Å². The van der Waals surface area contributed by atoms with Crippen molar-refractivity contribution in [1.29, 1.82) is 0 Å². The third-order valence-corrected chi connectivity index (χ3v) is 5.64. The predicted molar refractivity (Wildman–Crippen MR) is 80.0 cm³/mol. The molecule has 2 amide bonds. The van der Waals surface area contributed by atoms with Gasteiger partial charge >= 0.3 is 12.0 Å². The number of carbonyl (C=O) groups excluding carboxylic acids is 1. The number of urea groups is 1. The molecule has 1 saturated carbocycles. The number of aliphatic carboxylic acids is 1. The first kappa shape index (κ1) is 15.5. The van der Waals surface area contributed by atoms with Crippen molar-refractivity contribution < 1.29 is 14.7 Å². The summed E-state index contributed by atoms with van der Waals surface area (Å²) >= 11 is 1.86. The predicted octanol–water partition coefficient (Wildman–Crippen LogP) is 2.17. The fourth-order valence-corrected chi connectivity index (χ4v) is 3.94. The van der Waals surface area contributed by atoms with Crippen LogP contribution in [0.2, 0.25) is 0 Å². The third-order valence-electron chi connectivity index (χ3n) is 4.55. The molecule has 0 aromatic heterocycles. The first-order valence-electron chi connectivity index (χ1n) is 7.26. The van der Waals surface area contributed by atoms with Crippen molar-refractivity contribution in [2.24, 2.45) is 5.41 Å². The number of nitrogens with one attached hydrogen (secondary N) is 1. The van der Waals surface area contributed by atoms with E-state index in [0.29, 0.717) is 24.8 Å². The van der Waals surface area contributed by atoms with E-state index < -0.39 is 11.4 Å². The van der Waals surface area contributed by atoms with E-state index in [2.05, 4.69) is 11.6 Å². The summed E-state index contributed by atoms with van der Waals surface area (Å²) in [4.78, 5) is 25.3. The minimum Gasteiger partial charge on any atom is -0.481 e. The van der Waals surface area contributed by atoms with Crippen LogP contribution in [-0.2, 0) is 4.79 Å². The number of carboxylic acid groups (broad SMARTS) is 1. The largest absolute Gasteiger partial charge is 0.481 e. The molecule has 0 radical (unpaired) electrons. The van der Waals surface area contributed by atoms with E-state index in [9.17, 15) is 14.7 Å². The van der Waals surface area contributed by atoms with Crippen LogP contribution >= 0.6 is 11.8 Å². The zero-order valence-electron chi connectivity index (χ0n) is 12.2. The van der Waals surface area contributed by atoms with E-state index in [1.807, 2.05) is 11.8 Å². The van der Waals surface area contributed by atoms with Crippen molar-refractivity contribution in [1.82, 2.24) is 10.2 Å². The van der Waals surface area contributed by atoms with Crippen LogP contribution in [0.3, 0.4) is 0 Å². The molecule has 114 valence electrons. The Hall–Kier alpha value is -0.910. The molecule has 2 fully saturated rings. The van der Waals surface area contributed by atoms with Gasteiger partial charge < -0.3 is 15.3 Å². The number of carbonyl (C=O) groups is 2. The number of thioether (sulfide) groups is 1. The normalized spacial score (nSPS) is 34.0. The van der Waals surface area contributed by atoms with Crippen LogP contribution < -0.4 is 5.32 Å². The molecule has 0 aromatic carbocycles. The highest BCUT2D eigenvalue weighted by molar-refractivity contribution is 7.99. The molecule has 3 atom stereocenters. The van der Waals surface area contributed by atoms with E-state index in [-0.39, 0.29) is 12.1 Å². The fourth-order valence-electron chi connectivity index (χ4n) is 3.14. The highest BCUT2D eigenvalue weighted by atomic mass is 32.2. The van der Waals surface area contributed by atoms with Crippen LogP contribution in [-0.4, -0.2) is 52.6 Å². The summed E-state index contributed by atoms with van der Waals surface area (Å²) in [5, 5.41) is 13.0. The van der Waals surface area contributed by atoms with Gasteiger partial charge in [0.1, 0.15) is 0 Å². The molecule has 1 saturated heterocycles. The fraction of sp³-hybridized carbons (Fsp3) is 0.857. The average molecular weight is 300 g/mol. The number of piperidine rings is 1. The minimum atomic E-state index is -0.807. The second-order valence-electron chi connectivity index (χ2n) is 6.21. The van der Waals surface area contributed by atoms with Crippen LogP contribution in [0.1, 0.15) is 39.0 Å². The molecule has 1 heterocycles. The van der Waals surface area contributed by atoms with Gasteiger partial charge in [-0.1, -0.05) is 0 Å². The smallest absolute Gasteiger partial charge is 0.317 e. The van der Waals surface area contributed by atoms with E-state index in [4.69, 9.17) is 0 Å². The third kappa shape index (κ3) is 3.40. The lowest BCUT2D eigenvalue weighted by Crippen LogP contribution is -2.52. The van der Waals surface area contributed by atoms with Crippen molar-refractivity contribution in [2.75, 3.05) is 19.3 Å². The Kier molecular flexibility index (Phi) is 4.83. The van der Waals surface area contributed by atoms with Gasteiger partial charge in [0.05, 0.1) is 5.41 Å². The molecule has 2 N–H and O–H groups in total. The van der Waals surface area contributed by atoms with Gasteiger partial charge in [0, 0.05) is 24.4 Å². The quantitative estimate of drug-likeness (QED) is 0.838. The average Bonchev–Trinajstić information content (AvgIpc) is 2.86. The summed E-state index contributed by atoms with van der Waals surface area (Å²) in [6, 6.07) is 0.155. The minimum absolute atomic E-state index is 0.0936. The number of carboxylic acids is 1. The van der Waals surface area contributed by atoms with Crippen molar-refractivity contribution in [2.45, 2.75) is 50.3 Å². The Morgan fingerprint density at radius 2 is 2.15 bits per heavy atom. The van der Waals surface area contributed by atoms with Crippen molar-refractivity contribution >= 4 is 23.8 Å². The summed E-state index contributed by atoms with van der Waals surface area (Å²) in [5.41, 5.74) is -0.799. The molecule has 1 aliphatic heterocycles. The summed E-state index contributed by atoms with van der Waals surface area (Å²) < 4.78 is 0. The number of hydrogen-bond acceptors (Lipinski definition) is 3. The van der Waals surface area contributed by atoms with Gasteiger partial charge in [0.15, 0.2) is 0 Å². The van der Waals surface area contributed by atoms with E-state index in [1.165, 1.54) is 0 Å². The summed E-state index contributed by atoms with van der Waals surface area (Å²) in [6.45, 7) is 2.70. The maximum atomic E-state index is 12.3. The topological polar surface area (TPSA) is 69.6 Å². The Morgan fingerprint density at radius 3 is 2.75 bits per heavy atom. The van der Waals surface area contributed by atoms with Crippen molar-refractivity contribution in [3.63, 3.8) is 0 Å².